The lowest BCUT2D eigenvalue weighted by Crippen LogP contribution is -2.44. The third-order valence-electron chi connectivity index (χ3n) is 6.53. The molecule has 5 nitrogen and oxygen atoms in total. The first kappa shape index (κ1) is 19.1. The third kappa shape index (κ3) is 3.23. The lowest BCUT2D eigenvalue weighted by Gasteiger charge is -2.23. The van der Waals surface area contributed by atoms with Crippen LogP contribution in [0.3, 0.4) is 0 Å². The molecule has 2 bridgehead atoms. The molecule has 4 unspecified atom stereocenters. The summed E-state index contributed by atoms with van der Waals surface area (Å²) in [6, 6.07) is 18.3. The van der Waals surface area contributed by atoms with Crippen LogP contribution in [0.5, 0.6) is 0 Å². The van der Waals surface area contributed by atoms with E-state index in [0.717, 1.165) is 12.0 Å². The summed E-state index contributed by atoms with van der Waals surface area (Å²) >= 11 is 0. The second-order valence-electron chi connectivity index (χ2n) is 8.61. The van der Waals surface area contributed by atoms with Gasteiger partial charge in [-0.1, -0.05) is 72.3 Å². The number of hydrogen-bond acceptors (Lipinski definition) is 3. The van der Waals surface area contributed by atoms with Gasteiger partial charge in [0.2, 0.25) is 11.8 Å². The predicted molar refractivity (Wildman–Crippen MR) is 113 cm³/mol. The standard InChI is InChI=1S/C25H26N2O3/c1-17-7-9-19(10-8-17)15-27-16-25-13-11-20(30-25)21(22(25)24(27)29)23(28)26-14-12-18-5-3-2-4-6-18/h2-11,13,20-22H,12,14-16H2,1H3,(H,26,28). The van der Waals surface area contributed by atoms with E-state index >= 15 is 0 Å². The van der Waals surface area contributed by atoms with Crippen molar-refractivity contribution in [1.82, 2.24) is 10.2 Å². The Morgan fingerprint density at radius 2 is 1.90 bits per heavy atom. The number of aryl methyl sites for hydroxylation is 1. The van der Waals surface area contributed by atoms with Crippen LogP contribution in [0.15, 0.2) is 66.7 Å². The van der Waals surface area contributed by atoms with Gasteiger partial charge in [0.25, 0.3) is 0 Å². The van der Waals surface area contributed by atoms with Crippen LogP contribution < -0.4 is 5.32 Å². The van der Waals surface area contributed by atoms with Gasteiger partial charge in [0.05, 0.1) is 24.5 Å². The molecule has 2 amide bonds. The van der Waals surface area contributed by atoms with Crippen LogP contribution in [0, 0.1) is 18.8 Å². The summed E-state index contributed by atoms with van der Waals surface area (Å²) in [6.45, 7) is 3.65. The van der Waals surface area contributed by atoms with Gasteiger partial charge in [0, 0.05) is 13.1 Å². The SMILES string of the molecule is Cc1ccc(CN2CC34C=CC(O3)C(C(=O)NCCc3ccccc3)C4C2=O)cc1. The zero-order valence-corrected chi connectivity index (χ0v) is 17.1. The summed E-state index contributed by atoms with van der Waals surface area (Å²) in [5, 5.41) is 3.03. The average Bonchev–Trinajstić information content (AvgIpc) is 3.39. The third-order valence-corrected chi connectivity index (χ3v) is 6.53. The van der Waals surface area contributed by atoms with Gasteiger partial charge in [0.1, 0.15) is 5.60 Å². The number of likely N-dealkylation sites (tertiary alicyclic amines) is 1. The number of rotatable bonds is 6. The molecule has 1 spiro atoms. The molecule has 5 rings (SSSR count). The van der Waals surface area contributed by atoms with Crippen molar-refractivity contribution in [2.45, 2.75) is 31.6 Å². The van der Waals surface area contributed by atoms with E-state index in [9.17, 15) is 9.59 Å². The molecule has 2 fully saturated rings. The topological polar surface area (TPSA) is 58.6 Å². The van der Waals surface area contributed by atoms with E-state index in [1.165, 1.54) is 11.1 Å². The highest BCUT2D eigenvalue weighted by molar-refractivity contribution is 5.93. The summed E-state index contributed by atoms with van der Waals surface area (Å²) in [5.74, 6) is -0.959. The van der Waals surface area contributed by atoms with Gasteiger partial charge >= 0.3 is 0 Å². The van der Waals surface area contributed by atoms with Crippen molar-refractivity contribution in [3.63, 3.8) is 0 Å². The van der Waals surface area contributed by atoms with Crippen LogP contribution in [-0.2, 0) is 27.3 Å². The van der Waals surface area contributed by atoms with Crippen molar-refractivity contribution in [1.29, 1.82) is 0 Å². The normalized spacial score (nSPS) is 28.8. The fourth-order valence-electron chi connectivity index (χ4n) is 5.02. The van der Waals surface area contributed by atoms with Crippen molar-refractivity contribution in [3.05, 3.63) is 83.4 Å². The van der Waals surface area contributed by atoms with Gasteiger partial charge in [-0.2, -0.15) is 0 Å². The van der Waals surface area contributed by atoms with E-state index in [-0.39, 0.29) is 17.9 Å². The van der Waals surface area contributed by atoms with Gasteiger partial charge in [-0.25, -0.2) is 0 Å². The fourth-order valence-corrected chi connectivity index (χ4v) is 5.02. The van der Waals surface area contributed by atoms with Crippen molar-refractivity contribution in [3.8, 4) is 0 Å². The molecule has 30 heavy (non-hydrogen) atoms. The molecule has 2 aromatic carbocycles. The minimum atomic E-state index is -0.659. The van der Waals surface area contributed by atoms with Crippen molar-refractivity contribution < 1.29 is 14.3 Å². The van der Waals surface area contributed by atoms with Gasteiger partial charge < -0.3 is 15.0 Å². The molecule has 3 aliphatic rings. The number of benzene rings is 2. The van der Waals surface area contributed by atoms with E-state index in [0.29, 0.717) is 19.6 Å². The van der Waals surface area contributed by atoms with Gasteiger partial charge in [-0.15, -0.1) is 0 Å². The highest BCUT2D eigenvalue weighted by atomic mass is 16.5. The monoisotopic (exact) mass is 402 g/mol. The first-order valence-electron chi connectivity index (χ1n) is 10.6. The Labute approximate surface area is 176 Å². The molecule has 2 aromatic rings. The number of carbonyl (C=O) groups excluding carboxylic acids is 2. The molecule has 3 aliphatic heterocycles. The predicted octanol–water partition coefficient (Wildman–Crippen LogP) is 2.64. The number of hydrogen-bond donors (Lipinski definition) is 1. The fraction of sp³-hybridized carbons (Fsp3) is 0.360. The number of fused-ring (bicyclic) bond motifs is 1. The minimum Gasteiger partial charge on any atom is -0.360 e. The maximum absolute atomic E-state index is 13.3. The lowest BCUT2D eigenvalue weighted by molar-refractivity contribution is -0.137. The molecule has 0 radical (unpaired) electrons. The molecule has 154 valence electrons. The highest BCUT2D eigenvalue weighted by Crippen LogP contribution is 2.52. The Morgan fingerprint density at radius 3 is 2.67 bits per heavy atom. The zero-order valence-electron chi connectivity index (χ0n) is 17.1. The highest BCUT2D eigenvalue weighted by Gasteiger charge is 2.66. The Balaban J connectivity index is 1.27. The van der Waals surface area contributed by atoms with Crippen molar-refractivity contribution >= 4 is 11.8 Å². The molecule has 0 aliphatic carbocycles. The Bertz CT molecular complexity index is 985. The summed E-state index contributed by atoms with van der Waals surface area (Å²) in [7, 11) is 0. The first-order valence-corrected chi connectivity index (χ1v) is 10.6. The number of amides is 2. The largest absolute Gasteiger partial charge is 0.360 e. The molecule has 0 saturated carbocycles. The maximum Gasteiger partial charge on any atom is 0.230 e. The second kappa shape index (κ2) is 7.40. The van der Waals surface area contributed by atoms with Gasteiger partial charge in [-0.3, -0.25) is 9.59 Å². The van der Waals surface area contributed by atoms with Crippen LogP contribution in [-0.4, -0.2) is 41.5 Å². The Kier molecular flexibility index (Phi) is 4.70. The molecule has 5 heteroatoms. The number of carbonyl (C=O) groups is 2. The molecule has 3 heterocycles. The smallest absolute Gasteiger partial charge is 0.230 e. The maximum atomic E-state index is 13.3. The van der Waals surface area contributed by atoms with Crippen LogP contribution in [0.4, 0.5) is 0 Å². The Morgan fingerprint density at radius 1 is 1.13 bits per heavy atom. The van der Waals surface area contributed by atoms with E-state index in [2.05, 4.69) is 29.6 Å². The van der Waals surface area contributed by atoms with Crippen LogP contribution >= 0.6 is 0 Å². The summed E-state index contributed by atoms with van der Waals surface area (Å²) in [6.07, 6.45) is 4.42. The lowest BCUT2D eigenvalue weighted by atomic mass is 9.77. The summed E-state index contributed by atoms with van der Waals surface area (Å²) in [4.78, 5) is 28.1. The number of nitrogens with zero attached hydrogens (tertiary/aromatic N) is 1. The van der Waals surface area contributed by atoms with Crippen molar-refractivity contribution in [2.75, 3.05) is 13.1 Å². The van der Waals surface area contributed by atoms with E-state index in [4.69, 9.17) is 4.74 Å². The Hall–Kier alpha value is -2.92. The molecular weight excluding hydrogens is 376 g/mol. The molecular formula is C25H26N2O3. The van der Waals surface area contributed by atoms with Gasteiger partial charge in [0.15, 0.2) is 0 Å². The average molecular weight is 402 g/mol. The summed E-state index contributed by atoms with van der Waals surface area (Å²) in [5.41, 5.74) is 2.81. The quantitative estimate of drug-likeness (QED) is 0.756. The minimum absolute atomic E-state index is 0.0191. The van der Waals surface area contributed by atoms with E-state index in [1.54, 1.807) is 0 Å². The van der Waals surface area contributed by atoms with E-state index < -0.39 is 17.4 Å². The molecule has 2 saturated heterocycles. The zero-order chi connectivity index (χ0) is 20.7. The number of nitrogens with one attached hydrogen (secondary N) is 1. The molecule has 1 N–H and O–H groups in total. The van der Waals surface area contributed by atoms with Crippen LogP contribution in [0.2, 0.25) is 0 Å². The van der Waals surface area contributed by atoms with Crippen LogP contribution in [0.1, 0.15) is 16.7 Å². The van der Waals surface area contributed by atoms with Gasteiger partial charge in [-0.05, 0) is 24.5 Å². The molecule has 4 atom stereocenters. The van der Waals surface area contributed by atoms with Crippen LogP contribution in [0.25, 0.3) is 0 Å². The first-order chi connectivity index (χ1) is 14.6. The van der Waals surface area contributed by atoms with E-state index in [1.807, 2.05) is 54.3 Å². The molecule has 0 aromatic heterocycles. The van der Waals surface area contributed by atoms with Crippen molar-refractivity contribution in [2.24, 2.45) is 11.8 Å². The summed E-state index contributed by atoms with van der Waals surface area (Å²) < 4.78 is 6.21. The number of ether oxygens (including phenoxy) is 1. The second-order valence-corrected chi connectivity index (χ2v) is 8.61.